The van der Waals surface area contributed by atoms with Crippen molar-refractivity contribution in [3.8, 4) is 0 Å². The zero-order chi connectivity index (χ0) is 9.68. The maximum Gasteiger partial charge on any atom is 0.103 e. The molecule has 0 fully saturated rings. The third kappa shape index (κ3) is 3.29. The van der Waals surface area contributed by atoms with E-state index in [1.807, 2.05) is 23.1 Å². The van der Waals surface area contributed by atoms with Gasteiger partial charge in [-0.2, -0.15) is 11.8 Å². The molecule has 0 aromatic carbocycles. The molecule has 1 heterocycles. The predicted octanol–water partition coefficient (Wildman–Crippen LogP) is 2.42. The molecule has 74 valence electrons. The summed E-state index contributed by atoms with van der Waals surface area (Å²) in [6.07, 6.45) is 2.11. The highest BCUT2D eigenvalue weighted by molar-refractivity contribution is 7.97. The Balaban J connectivity index is 2.60. The van der Waals surface area contributed by atoms with Gasteiger partial charge in [-0.3, -0.25) is 0 Å². The van der Waals surface area contributed by atoms with Crippen LogP contribution >= 0.6 is 23.1 Å². The summed E-state index contributed by atoms with van der Waals surface area (Å²) in [6.45, 7) is 6.20. The first kappa shape index (κ1) is 11.0. The summed E-state index contributed by atoms with van der Waals surface area (Å²) in [7, 11) is 0. The molecule has 2 nitrogen and oxygen atoms in total. The van der Waals surface area contributed by atoms with Gasteiger partial charge in [0, 0.05) is 17.2 Å². The van der Waals surface area contributed by atoms with Crippen LogP contribution in [-0.4, -0.2) is 17.8 Å². The molecule has 4 heteroatoms. The Morgan fingerprint density at radius 1 is 1.54 bits per heavy atom. The summed E-state index contributed by atoms with van der Waals surface area (Å²) in [6, 6.07) is 0. The lowest BCUT2D eigenvalue weighted by Gasteiger charge is -1.97. The Kier molecular flexibility index (Phi) is 4.77. The van der Waals surface area contributed by atoms with Gasteiger partial charge in [0.2, 0.25) is 0 Å². The highest BCUT2D eigenvalue weighted by Crippen LogP contribution is 2.20. The van der Waals surface area contributed by atoms with Crippen LogP contribution in [-0.2, 0) is 12.3 Å². The second-order valence-electron chi connectivity index (χ2n) is 2.83. The molecule has 13 heavy (non-hydrogen) atoms. The minimum Gasteiger partial charge on any atom is -0.312 e. The first-order valence-electron chi connectivity index (χ1n) is 4.42. The highest BCUT2D eigenvalue weighted by atomic mass is 32.2. The number of thioether (sulfide) groups is 1. The minimum absolute atomic E-state index is 0.967. The fraction of sp³-hybridized carbons (Fsp3) is 0.667. The lowest BCUT2D eigenvalue weighted by atomic mass is 10.4. The Morgan fingerprint density at radius 2 is 2.31 bits per heavy atom. The molecule has 0 radical (unpaired) electrons. The monoisotopic (exact) mass is 216 g/mol. The van der Waals surface area contributed by atoms with Crippen LogP contribution in [0.1, 0.15) is 22.5 Å². The van der Waals surface area contributed by atoms with Crippen molar-refractivity contribution in [1.82, 2.24) is 10.3 Å². The van der Waals surface area contributed by atoms with Gasteiger partial charge in [0.1, 0.15) is 5.01 Å². The van der Waals surface area contributed by atoms with Gasteiger partial charge >= 0.3 is 0 Å². The fourth-order valence-electron chi connectivity index (χ4n) is 1.08. The van der Waals surface area contributed by atoms with Crippen molar-refractivity contribution in [1.29, 1.82) is 0 Å². The fourth-order valence-corrected chi connectivity index (χ4v) is 2.81. The summed E-state index contributed by atoms with van der Waals surface area (Å²) in [5, 5.41) is 4.57. The maximum absolute atomic E-state index is 4.51. The van der Waals surface area contributed by atoms with Crippen molar-refractivity contribution in [3.05, 3.63) is 15.6 Å². The largest absolute Gasteiger partial charge is 0.312 e. The van der Waals surface area contributed by atoms with Crippen molar-refractivity contribution in [3.63, 3.8) is 0 Å². The van der Waals surface area contributed by atoms with Gasteiger partial charge in [-0.25, -0.2) is 4.98 Å². The summed E-state index contributed by atoms with van der Waals surface area (Å²) in [5.74, 6) is 1.04. The first-order valence-corrected chi connectivity index (χ1v) is 6.63. The van der Waals surface area contributed by atoms with Gasteiger partial charge in [0.25, 0.3) is 0 Å². The Labute approximate surface area is 88.2 Å². The van der Waals surface area contributed by atoms with E-state index < -0.39 is 0 Å². The summed E-state index contributed by atoms with van der Waals surface area (Å²) in [4.78, 5) is 5.89. The third-order valence-electron chi connectivity index (χ3n) is 1.74. The molecule has 0 unspecified atom stereocenters. The molecular weight excluding hydrogens is 200 g/mol. The summed E-state index contributed by atoms with van der Waals surface area (Å²) < 4.78 is 0. The number of nitrogens with one attached hydrogen (secondary N) is 1. The Morgan fingerprint density at radius 3 is 2.92 bits per heavy atom. The molecule has 1 aromatic rings. The van der Waals surface area contributed by atoms with Crippen molar-refractivity contribution in [2.24, 2.45) is 0 Å². The predicted molar refractivity (Wildman–Crippen MR) is 61.5 cm³/mol. The molecule has 0 aliphatic carbocycles. The number of hydrogen-bond donors (Lipinski definition) is 1. The third-order valence-corrected chi connectivity index (χ3v) is 3.64. The zero-order valence-electron chi connectivity index (χ0n) is 8.39. The Bertz CT molecular complexity index is 258. The van der Waals surface area contributed by atoms with E-state index in [2.05, 4.69) is 30.4 Å². The molecule has 0 saturated carbocycles. The van der Waals surface area contributed by atoms with Crippen LogP contribution in [0.4, 0.5) is 0 Å². The van der Waals surface area contributed by atoms with E-state index >= 15 is 0 Å². The smallest absolute Gasteiger partial charge is 0.103 e. The number of nitrogens with zero attached hydrogens (tertiary/aromatic N) is 1. The lowest BCUT2D eigenvalue weighted by Crippen LogP contribution is -2.11. The van der Waals surface area contributed by atoms with Gasteiger partial charge in [0.05, 0.1) is 5.69 Å². The summed E-state index contributed by atoms with van der Waals surface area (Å²) in [5.41, 5.74) is 1.19. The molecular formula is C9H16N2S2. The van der Waals surface area contributed by atoms with Crippen LogP contribution in [0.15, 0.2) is 0 Å². The van der Waals surface area contributed by atoms with Crippen molar-refractivity contribution >= 4 is 23.1 Å². The highest BCUT2D eigenvalue weighted by Gasteiger charge is 2.05. The number of aryl methyl sites for hydroxylation is 1. The van der Waals surface area contributed by atoms with Gasteiger partial charge in [-0.15, -0.1) is 11.3 Å². The van der Waals surface area contributed by atoms with E-state index in [4.69, 9.17) is 0 Å². The van der Waals surface area contributed by atoms with Gasteiger partial charge in [-0.05, 0) is 19.7 Å². The molecule has 0 atom stereocenters. The van der Waals surface area contributed by atoms with E-state index in [9.17, 15) is 0 Å². The molecule has 0 saturated heterocycles. The molecule has 1 rings (SSSR count). The lowest BCUT2D eigenvalue weighted by molar-refractivity contribution is 0.731. The van der Waals surface area contributed by atoms with Crippen molar-refractivity contribution < 1.29 is 0 Å². The number of hydrogen-bond acceptors (Lipinski definition) is 4. The molecule has 1 aromatic heterocycles. The van der Waals surface area contributed by atoms with Crippen LogP contribution < -0.4 is 5.32 Å². The van der Waals surface area contributed by atoms with Crippen LogP contribution in [0.25, 0.3) is 0 Å². The van der Waals surface area contributed by atoms with Crippen molar-refractivity contribution in [2.45, 2.75) is 26.1 Å². The quantitative estimate of drug-likeness (QED) is 0.818. The zero-order valence-corrected chi connectivity index (χ0v) is 10.0. The van der Waals surface area contributed by atoms with Crippen LogP contribution in [0, 0.1) is 6.92 Å². The van der Waals surface area contributed by atoms with Crippen molar-refractivity contribution in [2.75, 3.05) is 12.8 Å². The van der Waals surface area contributed by atoms with E-state index in [-0.39, 0.29) is 0 Å². The Hall–Kier alpha value is -0.0600. The van der Waals surface area contributed by atoms with Crippen LogP contribution in [0.3, 0.4) is 0 Å². The molecule has 1 N–H and O–H groups in total. The molecule has 0 spiro atoms. The van der Waals surface area contributed by atoms with Crippen LogP contribution in [0.5, 0.6) is 0 Å². The van der Waals surface area contributed by atoms with E-state index in [1.165, 1.54) is 15.6 Å². The second kappa shape index (κ2) is 5.62. The van der Waals surface area contributed by atoms with Gasteiger partial charge in [-0.1, -0.05) is 6.92 Å². The SMILES string of the molecule is CCNCc1sc(CSC)nc1C. The first-order chi connectivity index (χ1) is 6.27. The summed E-state index contributed by atoms with van der Waals surface area (Å²) >= 11 is 3.66. The van der Waals surface area contributed by atoms with Crippen LogP contribution in [0.2, 0.25) is 0 Å². The van der Waals surface area contributed by atoms with E-state index in [0.717, 1.165) is 18.8 Å². The van der Waals surface area contributed by atoms with E-state index in [1.54, 1.807) is 0 Å². The molecule has 0 aliphatic rings. The number of rotatable bonds is 5. The molecule has 0 bridgehead atoms. The maximum atomic E-state index is 4.51. The molecule has 0 aliphatic heterocycles. The topological polar surface area (TPSA) is 24.9 Å². The average molecular weight is 216 g/mol. The number of thiazole rings is 1. The number of aromatic nitrogens is 1. The molecule has 0 amide bonds. The second-order valence-corrected chi connectivity index (χ2v) is 4.86. The van der Waals surface area contributed by atoms with Gasteiger partial charge < -0.3 is 5.32 Å². The van der Waals surface area contributed by atoms with Gasteiger partial charge in [0.15, 0.2) is 0 Å². The minimum atomic E-state index is 0.967. The van der Waals surface area contributed by atoms with E-state index in [0.29, 0.717) is 0 Å². The normalized spacial score (nSPS) is 10.7. The standard InChI is InChI=1S/C9H16N2S2/c1-4-10-5-8-7(2)11-9(13-8)6-12-3/h10H,4-6H2,1-3H3. The average Bonchev–Trinajstić information content (AvgIpc) is 2.44.